The summed E-state index contributed by atoms with van der Waals surface area (Å²) in [6, 6.07) is 17.0. The zero-order valence-corrected chi connectivity index (χ0v) is 18.3. The fraction of sp³-hybridized carbons (Fsp3) is 0.192. The average Bonchev–Trinajstić information content (AvgIpc) is 3.41. The molecule has 2 aromatic heterocycles. The van der Waals surface area contributed by atoms with E-state index in [1.165, 1.54) is 6.08 Å². The molecule has 7 heteroatoms. The zero-order valence-electron chi connectivity index (χ0n) is 18.3. The summed E-state index contributed by atoms with van der Waals surface area (Å²) in [7, 11) is 0. The Hall–Kier alpha value is -4.13. The quantitative estimate of drug-likeness (QED) is 0.435. The van der Waals surface area contributed by atoms with Crippen LogP contribution in [0.3, 0.4) is 0 Å². The normalized spacial score (nSPS) is 15.7. The lowest BCUT2D eigenvalue weighted by atomic mass is 10.2. The minimum atomic E-state index is -0.150. The van der Waals surface area contributed by atoms with Gasteiger partial charge in [-0.15, -0.1) is 0 Å². The van der Waals surface area contributed by atoms with E-state index in [4.69, 9.17) is 4.74 Å². The number of fused-ring (bicyclic) bond motifs is 1. The van der Waals surface area contributed by atoms with Crippen LogP contribution in [0.4, 0.5) is 0 Å². The highest BCUT2D eigenvalue weighted by Crippen LogP contribution is 2.28. The molecular weight excluding hydrogens is 416 g/mol. The van der Waals surface area contributed by atoms with Crippen molar-refractivity contribution in [1.82, 2.24) is 19.0 Å². The van der Waals surface area contributed by atoms with E-state index in [2.05, 4.69) is 11.6 Å². The largest absolute Gasteiger partial charge is 0.457 e. The van der Waals surface area contributed by atoms with E-state index in [0.29, 0.717) is 25.3 Å². The van der Waals surface area contributed by atoms with Gasteiger partial charge in [-0.1, -0.05) is 18.7 Å². The van der Waals surface area contributed by atoms with Gasteiger partial charge in [0.05, 0.1) is 29.0 Å². The molecule has 1 atom stereocenters. The Labute approximate surface area is 191 Å². The Morgan fingerprint density at radius 2 is 1.94 bits per heavy atom. The first-order valence-corrected chi connectivity index (χ1v) is 10.9. The van der Waals surface area contributed by atoms with Crippen LogP contribution < -0.4 is 10.4 Å². The number of benzene rings is 2. The number of pyridine rings is 1. The number of carbonyl (C=O) groups is 1. The number of aryl methyl sites for hydroxylation is 1. The molecule has 1 saturated heterocycles. The molecule has 1 aliphatic rings. The maximum absolute atomic E-state index is 13.6. The van der Waals surface area contributed by atoms with Gasteiger partial charge in [-0.05, 0) is 67.4 Å². The molecule has 1 fully saturated rings. The summed E-state index contributed by atoms with van der Waals surface area (Å²) < 4.78 is 9.39. The molecule has 33 heavy (non-hydrogen) atoms. The van der Waals surface area contributed by atoms with Crippen LogP contribution in [0.15, 0.2) is 84.4 Å². The molecule has 0 spiro atoms. The Morgan fingerprint density at radius 3 is 2.70 bits per heavy atom. The van der Waals surface area contributed by atoms with Crippen molar-refractivity contribution < 1.29 is 9.53 Å². The topological polar surface area (TPSA) is 69.4 Å². The van der Waals surface area contributed by atoms with Gasteiger partial charge < -0.3 is 9.64 Å². The Kier molecular flexibility index (Phi) is 5.30. The van der Waals surface area contributed by atoms with Crippen LogP contribution in [0.25, 0.3) is 16.7 Å². The van der Waals surface area contributed by atoms with E-state index in [9.17, 15) is 9.59 Å². The molecule has 2 aromatic carbocycles. The molecule has 0 radical (unpaired) electrons. The SMILES string of the molecule is C=CC(=O)N1CCC(n2c(=O)n(-c3ccc(Oc4cccc(C)c4)cc3)c3cnccc32)C1. The number of aromatic nitrogens is 3. The zero-order chi connectivity index (χ0) is 22.9. The molecule has 1 aliphatic heterocycles. The molecule has 0 aliphatic carbocycles. The minimum absolute atomic E-state index is 0.100. The predicted octanol–water partition coefficient (Wildman–Crippen LogP) is 4.25. The third-order valence-electron chi connectivity index (χ3n) is 6.01. The van der Waals surface area contributed by atoms with Gasteiger partial charge in [0.15, 0.2) is 0 Å². The van der Waals surface area contributed by atoms with E-state index in [1.807, 2.05) is 61.5 Å². The fourth-order valence-electron chi connectivity index (χ4n) is 4.43. The monoisotopic (exact) mass is 440 g/mol. The summed E-state index contributed by atoms with van der Waals surface area (Å²) in [6.07, 6.45) is 5.41. The van der Waals surface area contributed by atoms with Crippen LogP contribution in [-0.2, 0) is 4.79 Å². The summed E-state index contributed by atoms with van der Waals surface area (Å²) in [5.41, 5.74) is 3.22. The molecule has 5 rings (SSSR count). The third kappa shape index (κ3) is 3.82. The van der Waals surface area contributed by atoms with Crippen molar-refractivity contribution in [2.75, 3.05) is 13.1 Å². The number of carbonyl (C=O) groups excluding carboxylic acids is 1. The molecule has 7 nitrogen and oxygen atoms in total. The summed E-state index contributed by atoms with van der Waals surface area (Å²) in [5.74, 6) is 1.34. The lowest BCUT2D eigenvalue weighted by molar-refractivity contribution is -0.125. The molecule has 1 unspecified atom stereocenters. The first kappa shape index (κ1) is 20.8. The number of hydrogen-bond acceptors (Lipinski definition) is 4. The van der Waals surface area contributed by atoms with Crippen LogP contribution in [0.5, 0.6) is 11.5 Å². The highest BCUT2D eigenvalue weighted by molar-refractivity contribution is 5.87. The van der Waals surface area contributed by atoms with E-state index in [0.717, 1.165) is 28.0 Å². The van der Waals surface area contributed by atoms with E-state index in [1.54, 1.807) is 26.4 Å². The van der Waals surface area contributed by atoms with Crippen LogP contribution in [0, 0.1) is 6.92 Å². The number of nitrogens with zero attached hydrogens (tertiary/aromatic N) is 4. The lowest BCUT2D eigenvalue weighted by Gasteiger charge is -2.15. The second-order valence-corrected chi connectivity index (χ2v) is 8.20. The summed E-state index contributed by atoms with van der Waals surface area (Å²) in [4.78, 5) is 31.6. The first-order chi connectivity index (χ1) is 16.0. The molecule has 1 amide bonds. The highest BCUT2D eigenvalue weighted by atomic mass is 16.5. The average molecular weight is 441 g/mol. The van der Waals surface area contributed by atoms with Crippen molar-refractivity contribution in [3.8, 4) is 17.2 Å². The highest BCUT2D eigenvalue weighted by Gasteiger charge is 2.29. The molecule has 0 saturated carbocycles. The second-order valence-electron chi connectivity index (χ2n) is 8.20. The number of likely N-dealkylation sites (tertiary alicyclic amines) is 1. The van der Waals surface area contributed by atoms with Crippen LogP contribution in [-0.4, -0.2) is 38.0 Å². The van der Waals surface area contributed by atoms with Gasteiger partial charge in [-0.25, -0.2) is 4.79 Å². The Balaban J connectivity index is 1.50. The molecule has 0 bridgehead atoms. The van der Waals surface area contributed by atoms with Crippen molar-refractivity contribution >= 4 is 16.9 Å². The number of rotatable bonds is 5. The van der Waals surface area contributed by atoms with Gasteiger partial charge in [-0.3, -0.25) is 18.9 Å². The number of amides is 1. The van der Waals surface area contributed by atoms with Gasteiger partial charge in [0.25, 0.3) is 0 Å². The summed E-state index contributed by atoms with van der Waals surface area (Å²) in [5, 5.41) is 0. The van der Waals surface area contributed by atoms with E-state index in [-0.39, 0.29) is 17.6 Å². The van der Waals surface area contributed by atoms with Crippen molar-refractivity contribution in [2.45, 2.75) is 19.4 Å². The molecule has 0 N–H and O–H groups in total. The molecule has 4 aromatic rings. The molecular formula is C26H24N4O3. The number of ether oxygens (including phenoxy) is 1. The molecule has 166 valence electrons. The van der Waals surface area contributed by atoms with Crippen molar-refractivity contribution in [2.24, 2.45) is 0 Å². The van der Waals surface area contributed by atoms with Gasteiger partial charge in [0, 0.05) is 19.3 Å². The standard InChI is InChI=1S/C26H24N4O3/c1-3-25(31)28-14-12-20(17-28)30-23-11-13-27-16-24(23)29(26(30)32)19-7-9-21(10-8-19)33-22-6-4-5-18(2)15-22/h3-11,13,15-16,20H,1,12,14,17H2,2H3. The van der Waals surface area contributed by atoms with E-state index >= 15 is 0 Å². The second kappa shape index (κ2) is 8.43. The minimum Gasteiger partial charge on any atom is -0.457 e. The summed E-state index contributed by atoms with van der Waals surface area (Å²) in [6.45, 7) is 6.67. The Bertz CT molecular complexity index is 1400. The van der Waals surface area contributed by atoms with E-state index < -0.39 is 0 Å². The lowest BCUT2D eigenvalue weighted by Crippen LogP contribution is -2.31. The fourth-order valence-corrected chi connectivity index (χ4v) is 4.43. The van der Waals surface area contributed by atoms with Crippen LogP contribution >= 0.6 is 0 Å². The van der Waals surface area contributed by atoms with Gasteiger partial charge in [-0.2, -0.15) is 0 Å². The maximum Gasteiger partial charge on any atom is 0.334 e. The molecule has 3 heterocycles. The van der Waals surface area contributed by atoms with Gasteiger partial charge in [0.2, 0.25) is 5.91 Å². The maximum atomic E-state index is 13.6. The van der Waals surface area contributed by atoms with Gasteiger partial charge >= 0.3 is 5.69 Å². The smallest absolute Gasteiger partial charge is 0.334 e. The third-order valence-corrected chi connectivity index (χ3v) is 6.01. The van der Waals surface area contributed by atoms with Crippen molar-refractivity contribution in [3.63, 3.8) is 0 Å². The van der Waals surface area contributed by atoms with Crippen molar-refractivity contribution in [3.05, 3.63) is 95.7 Å². The van der Waals surface area contributed by atoms with Crippen molar-refractivity contribution in [1.29, 1.82) is 0 Å². The summed E-state index contributed by atoms with van der Waals surface area (Å²) >= 11 is 0. The first-order valence-electron chi connectivity index (χ1n) is 10.9. The number of imidazole rings is 1. The van der Waals surface area contributed by atoms with Crippen LogP contribution in [0.2, 0.25) is 0 Å². The Morgan fingerprint density at radius 1 is 1.12 bits per heavy atom. The number of hydrogen-bond donors (Lipinski definition) is 0. The van der Waals surface area contributed by atoms with Crippen LogP contribution in [0.1, 0.15) is 18.0 Å². The predicted molar refractivity (Wildman–Crippen MR) is 127 cm³/mol. The van der Waals surface area contributed by atoms with Gasteiger partial charge in [0.1, 0.15) is 11.5 Å².